The van der Waals surface area contributed by atoms with Crippen LogP contribution in [0.15, 0.2) is 79.0 Å². The van der Waals surface area contributed by atoms with Crippen LogP contribution in [-0.2, 0) is 13.1 Å². The molecular formula is C28H30ClN5O. The Bertz CT molecular complexity index is 1300. The van der Waals surface area contributed by atoms with Crippen molar-refractivity contribution in [2.45, 2.75) is 19.1 Å². The number of hydrogen-bond donors (Lipinski definition) is 1. The lowest BCUT2D eigenvalue weighted by Crippen LogP contribution is -2.46. The summed E-state index contributed by atoms with van der Waals surface area (Å²) in [5, 5.41) is 9.50. The Kier molecular flexibility index (Phi) is 7.13. The fourth-order valence-corrected chi connectivity index (χ4v) is 4.86. The third-order valence-corrected chi connectivity index (χ3v) is 6.92. The minimum absolute atomic E-state index is 0.124. The molecule has 4 aromatic rings. The lowest BCUT2D eigenvalue weighted by molar-refractivity contribution is 0.0951. The molecule has 0 aliphatic carbocycles. The van der Waals surface area contributed by atoms with Crippen molar-refractivity contribution in [1.82, 2.24) is 24.9 Å². The van der Waals surface area contributed by atoms with E-state index >= 15 is 0 Å². The molecule has 3 aromatic carbocycles. The molecule has 1 N–H and O–H groups in total. The first-order valence-electron chi connectivity index (χ1n) is 12.0. The Labute approximate surface area is 211 Å². The molecule has 1 aromatic heterocycles. The summed E-state index contributed by atoms with van der Waals surface area (Å²) in [4.78, 5) is 17.7. The number of benzene rings is 3. The van der Waals surface area contributed by atoms with Crippen LogP contribution in [-0.4, -0.2) is 58.7 Å². The van der Waals surface area contributed by atoms with Crippen molar-refractivity contribution in [2.24, 2.45) is 0 Å². The van der Waals surface area contributed by atoms with Crippen LogP contribution < -0.4 is 5.32 Å². The van der Waals surface area contributed by atoms with E-state index in [1.165, 1.54) is 5.56 Å². The van der Waals surface area contributed by atoms with Crippen molar-refractivity contribution in [1.29, 1.82) is 0 Å². The summed E-state index contributed by atoms with van der Waals surface area (Å²) in [6.07, 6.45) is 2.08. The summed E-state index contributed by atoms with van der Waals surface area (Å²) < 4.78 is 2.02. The Morgan fingerprint density at radius 1 is 1.00 bits per heavy atom. The van der Waals surface area contributed by atoms with Gasteiger partial charge in [-0.25, -0.2) is 0 Å². The summed E-state index contributed by atoms with van der Waals surface area (Å²) in [7, 11) is 2.18. The van der Waals surface area contributed by atoms with Gasteiger partial charge in [0.15, 0.2) is 0 Å². The summed E-state index contributed by atoms with van der Waals surface area (Å²) >= 11 is 6.05. The van der Waals surface area contributed by atoms with Crippen LogP contribution in [0.2, 0.25) is 5.02 Å². The molecule has 1 amide bonds. The third kappa shape index (κ3) is 5.73. The van der Waals surface area contributed by atoms with Gasteiger partial charge in [-0.05, 0) is 42.4 Å². The fourth-order valence-electron chi connectivity index (χ4n) is 4.65. The minimum atomic E-state index is -0.124. The number of aromatic nitrogens is 2. The first kappa shape index (κ1) is 23.5. The molecule has 1 fully saturated rings. The Balaban J connectivity index is 1.32. The second-order valence-electron chi connectivity index (χ2n) is 9.20. The van der Waals surface area contributed by atoms with Gasteiger partial charge in [0.25, 0.3) is 5.91 Å². The number of halogens is 1. The van der Waals surface area contributed by atoms with E-state index in [2.05, 4.69) is 58.7 Å². The smallest absolute Gasteiger partial charge is 0.251 e. The molecule has 1 unspecified atom stereocenters. The zero-order valence-electron chi connectivity index (χ0n) is 19.9. The van der Waals surface area contributed by atoms with Gasteiger partial charge in [0.1, 0.15) is 0 Å². The molecule has 1 aliphatic heterocycles. The third-order valence-electron chi connectivity index (χ3n) is 6.68. The van der Waals surface area contributed by atoms with Crippen molar-refractivity contribution in [3.63, 3.8) is 0 Å². The molecule has 0 radical (unpaired) electrons. The van der Waals surface area contributed by atoms with Gasteiger partial charge in [-0.2, -0.15) is 5.10 Å². The number of carbonyl (C=O) groups excluding carboxylic acids is 1. The number of hydrogen-bond acceptors (Lipinski definition) is 4. The Morgan fingerprint density at radius 3 is 2.57 bits per heavy atom. The average Bonchev–Trinajstić information content (AvgIpc) is 3.29. The van der Waals surface area contributed by atoms with E-state index in [9.17, 15) is 4.79 Å². The predicted octanol–water partition coefficient (Wildman–Crippen LogP) is 4.61. The molecule has 1 atom stereocenters. The van der Waals surface area contributed by atoms with Gasteiger partial charge in [0.05, 0.1) is 18.1 Å². The highest BCUT2D eigenvalue weighted by Gasteiger charge is 2.24. The molecule has 0 saturated carbocycles. The van der Waals surface area contributed by atoms with Crippen LogP contribution in [0, 0.1) is 0 Å². The molecule has 7 heteroatoms. The average molecular weight is 488 g/mol. The van der Waals surface area contributed by atoms with Crippen LogP contribution in [0.3, 0.4) is 0 Å². The molecule has 0 bridgehead atoms. The normalized spacial score (nSPS) is 15.8. The standard InChI is InChI=1S/C28H30ClN5O/c1-32-12-14-33(15-13-32)27(22-7-3-2-4-8-22)20-34-19-24-11-10-23(17-26(24)31-34)28(35)30-18-21-6-5-9-25(29)16-21/h2-11,16-17,19,27H,12-15,18,20H2,1H3,(H,30,35). The Hall–Kier alpha value is -3.19. The molecular weight excluding hydrogens is 458 g/mol. The van der Waals surface area contributed by atoms with Gasteiger partial charge >= 0.3 is 0 Å². The quantitative estimate of drug-likeness (QED) is 0.413. The summed E-state index contributed by atoms with van der Waals surface area (Å²) in [5.74, 6) is -0.124. The number of carbonyl (C=O) groups is 1. The number of fused-ring (bicyclic) bond motifs is 1. The second-order valence-corrected chi connectivity index (χ2v) is 9.64. The van der Waals surface area contributed by atoms with Crippen molar-refractivity contribution < 1.29 is 4.79 Å². The largest absolute Gasteiger partial charge is 0.348 e. The number of nitrogens with zero attached hydrogens (tertiary/aromatic N) is 4. The maximum atomic E-state index is 12.8. The van der Waals surface area contributed by atoms with Gasteiger partial charge in [0, 0.05) is 54.9 Å². The zero-order chi connectivity index (χ0) is 24.2. The second kappa shape index (κ2) is 10.6. The first-order valence-corrected chi connectivity index (χ1v) is 12.4. The van der Waals surface area contributed by atoms with E-state index < -0.39 is 0 Å². The predicted molar refractivity (Wildman–Crippen MR) is 141 cm³/mol. The van der Waals surface area contributed by atoms with Gasteiger partial charge in [-0.15, -0.1) is 0 Å². The number of likely N-dealkylation sites (N-methyl/N-ethyl adjacent to an activating group) is 1. The summed E-state index contributed by atoms with van der Waals surface area (Å²) in [6.45, 7) is 5.39. The summed E-state index contributed by atoms with van der Waals surface area (Å²) in [6, 6.07) is 24.1. The van der Waals surface area contributed by atoms with Crippen LogP contribution in [0.1, 0.15) is 27.5 Å². The minimum Gasteiger partial charge on any atom is -0.348 e. The van der Waals surface area contributed by atoms with Crippen LogP contribution in [0.5, 0.6) is 0 Å². The van der Waals surface area contributed by atoms with Crippen molar-refractivity contribution in [3.8, 4) is 0 Å². The van der Waals surface area contributed by atoms with Gasteiger partial charge in [0.2, 0.25) is 0 Å². The highest BCUT2D eigenvalue weighted by Crippen LogP contribution is 2.25. The lowest BCUT2D eigenvalue weighted by atomic mass is 10.0. The highest BCUT2D eigenvalue weighted by atomic mass is 35.5. The number of rotatable bonds is 7. The molecule has 35 heavy (non-hydrogen) atoms. The fraction of sp³-hybridized carbons (Fsp3) is 0.286. The van der Waals surface area contributed by atoms with E-state index in [0.717, 1.165) is 49.2 Å². The molecule has 6 nitrogen and oxygen atoms in total. The van der Waals surface area contributed by atoms with E-state index in [-0.39, 0.29) is 11.9 Å². The number of amides is 1. The first-order chi connectivity index (χ1) is 17.0. The molecule has 2 heterocycles. The van der Waals surface area contributed by atoms with Gasteiger partial charge in [-0.3, -0.25) is 14.4 Å². The van der Waals surface area contributed by atoms with Crippen molar-refractivity contribution in [2.75, 3.05) is 33.2 Å². The zero-order valence-corrected chi connectivity index (χ0v) is 20.7. The van der Waals surface area contributed by atoms with Crippen molar-refractivity contribution in [3.05, 3.63) is 101 Å². The van der Waals surface area contributed by atoms with E-state index in [4.69, 9.17) is 16.7 Å². The van der Waals surface area contributed by atoms with Crippen molar-refractivity contribution >= 4 is 28.4 Å². The van der Waals surface area contributed by atoms with E-state index in [1.807, 2.05) is 47.1 Å². The number of piperazine rings is 1. The monoisotopic (exact) mass is 487 g/mol. The molecule has 5 rings (SSSR count). The highest BCUT2D eigenvalue weighted by molar-refractivity contribution is 6.30. The van der Waals surface area contributed by atoms with E-state index in [1.54, 1.807) is 0 Å². The molecule has 180 valence electrons. The van der Waals surface area contributed by atoms with E-state index in [0.29, 0.717) is 17.1 Å². The summed E-state index contributed by atoms with van der Waals surface area (Å²) in [5.41, 5.74) is 3.69. The van der Waals surface area contributed by atoms with Crippen LogP contribution >= 0.6 is 11.6 Å². The Morgan fingerprint density at radius 2 is 1.80 bits per heavy atom. The topological polar surface area (TPSA) is 53.4 Å². The number of nitrogens with one attached hydrogen (secondary N) is 1. The van der Waals surface area contributed by atoms with Crippen LogP contribution in [0.4, 0.5) is 0 Å². The molecule has 1 saturated heterocycles. The van der Waals surface area contributed by atoms with Gasteiger partial charge in [-0.1, -0.05) is 60.1 Å². The van der Waals surface area contributed by atoms with Crippen LogP contribution in [0.25, 0.3) is 10.9 Å². The molecule has 0 spiro atoms. The molecule has 1 aliphatic rings. The maximum Gasteiger partial charge on any atom is 0.251 e. The van der Waals surface area contributed by atoms with Gasteiger partial charge < -0.3 is 10.2 Å². The lowest BCUT2D eigenvalue weighted by Gasteiger charge is -2.38. The SMILES string of the molecule is CN1CCN(C(Cn2cc3ccc(C(=O)NCc4cccc(Cl)c4)cc3n2)c2ccccc2)CC1. The maximum absolute atomic E-state index is 12.8.